The standard InChI is InChI=1S/C18H18ClN.ClH/c1-2-11-3-4-13-9-16-14-6-12(5-11)7-17(13)20-18(16)10-15(19)8-14;/h4-5,8-10,12,14H,2-3,6-7H2,1H3;1H. The van der Waals surface area contributed by atoms with Crippen molar-refractivity contribution in [3.8, 4) is 0 Å². The first-order chi connectivity index (χ1) is 9.72. The average Bonchev–Trinajstić information content (AvgIpc) is 2.40. The molecule has 0 aromatic carbocycles. The first-order valence-corrected chi connectivity index (χ1v) is 7.89. The Morgan fingerprint density at radius 1 is 1.33 bits per heavy atom. The molecule has 0 spiro atoms. The van der Waals surface area contributed by atoms with Gasteiger partial charge in [0.15, 0.2) is 0 Å². The molecule has 3 aliphatic carbocycles. The fourth-order valence-corrected chi connectivity index (χ4v) is 3.95. The fourth-order valence-electron chi connectivity index (χ4n) is 3.70. The van der Waals surface area contributed by atoms with Crippen LogP contribution in [0, 0.1) is 5.92 Å². The molecule has 1 nitrogen and oxygen atoms in total. The topological polar surface area (TPSA) is 12.9 Å². The van der Waals surface area contributed by atoms with E-state index in [-0.39, 0.29) is 12.4 Å². The third kappa shape index (κ3) is 2.58. The maximum absolute atomic E-state index is 6.27. The molecule has 2 unspecified atom stereocenters. The lowest BCUT2D eigenvalue weighted by molar-refractivity contribution is 0.521. The van der Waals surface area contributed by atoms with E-state index in [1.54, 1.807) is 5.57 Å². The zero-order valence-corrected chi connectivity index (χ0v) is 13.7. The van der Waals surface area contributed by atoms with Gasteiger partial charge in [0.25, 0.3) is 0 Å². The van der Waals surface area contributed by atoms with Crippen molar-refractivity contribution in [1.29, 1.82) is 0 Å². The summed E-state index contributed by atoms with van der Waals surface area (Å²) >= 11 is 6.27. The smallest absolute Gasteiger partial charge is 0.0686 e. The average molecular weight is 320 g/mol. The highest BCUT2D eigenvalue weighted by atomic mass is 35.5. The van der Waals surface area contributed by atoms with Crippen LogP contribution in [0.2, 0.25) is 0 Å². The van der Waals surface area contributed by atoms with E-state index in [1.807, 2.05) is 6.08 Å². The van der Waals surface area contributed by atoms with Gasteiger partial charge in [0.1, 0.15) is 0 Å². The zero-order chi connectivity index (χ0) is 13.7. The van der Waals surface area contributed by atoms with Gasteiger partial charge in [0, 0.05) is 16.6 Å². The minimum absolute atomic E-state index is 0. The second kappa shape index (κ2) is 5.62. The third-order valence-corrected chi connectivity index (χ3v) is 4.99. The van der Waals surface area contributed by atoms with Gasteiger partial charge < -0.3 is 0 Å². The number of hydrogen-bond acceptors (Lipinski definition) is 1. The maximum Gasteiger partial charge on any atom is 0.0686 e. The molecule has 0 fully saturated rings. The highest BCUT2D eigenvalue weighted by molar-refractivity contribution is 6.34. The van der Waals surface area contributed by atoms with Crippen molar-refractivity contribution >= 4 is 36.2 Å². The molecule has 1 aromatic rings. The van der Waals surface area contributed by atoms with Crippen LogP contribution in [0.5, 0.6) is 0 Å². The van der Waals surface area contributed by atoms with E-state index in [0.717, 1.165) is 36.1 Å². The molecule has 4 aliphatic rings. The largest absolute Gasteiger partial charge is 0.252 e. The normalized spacial score (nSPS) is 25.2. The van der Waals surface area contributed by atoms with Crippen molar-refractivity contribution in [2.24, 2.45) is 5.92 Å². The van der Waals surface area contributed by atoms with Crippen LogP contribution in [0.25, 0.3) is 12.2 Å². The van der Waals surface area contributed by atoms with E-state index in [4.69, 9.17) is 16.6 Å². The lowest BCUT2D eigenvalue weighted by atomic mass is 9.79. The van der Waals surface area contributed by atoms with Gasteiger partial charge in [-0.2, -0.15) is 0 Å². The molecule has 0 amide bonds. The molecule has 0 N–H and O–H groups in total. The van der Waals surface area contributed by atoms with Crippen LogP contribution in [0.1, 0.15) is 43.4 Å². The number of rotatable bonds is 1. The van der Waals surface area contributed by atoms with Gasteiger partial charge in [0.05, 0.1) is 5.35 Å². The molecule has 1 aromatic heterocycles. The summed E-state index contributed by atoms with van der Waals surface area (Å²) in [5.41, 5.74) is 4.18. The van der Waals surface area contributed by atoms with Crippen LogP contribution in [-0.4, -0.2) is 4.98 Å². The Labute approximate surface area is 136 Å². The summed E-state index contributed by atoms with van der Waals surface area (Å²) in [5.74, 6) is 1.02. The maximum atomic E-state index is 6.27. The molecule has 1 aliphatic heterocycles. The Kier molecular flexibility index (Phi) is 3.98. The van der Waals surface area contributed by atoms with Crippen molar-refractivity contribution in [3.05, 3.63) is 50.6 Å². The Morgan fingerprint density at radius 3 is 3.00 bits per heavy atom. The first kappa shape index (κ1) is 14.9. The van der Waals surface area contributed by atoms with Gasteiger partial charge in [-0.25, -0.2) is 0 Å². The number of nitrogens with zero attached hydrogens (tertiary/aromatic N) is 1. The van der Waals surface area contributed by atoms with Crippen molar-refractivity contribution in [2.75, 3.05) is 0 Å². The Morgan fingerprint density at radius 2 is 2.19 bits per heavy atom. The minimum Gasteiger partial charge on any atom is -0.252 e. The molecule has 6 bridgehead atoms. The molecular weight excluding hydrogens is 301 g/mol. The summed E-state index contributed by atoms with van der Waals surface area (Å²) in [6.07, 6.45) is 13.5. The predicted octanol–water partition coefficient (Wildman–Crippen LogP) is 3.59. The predicted molar refractivity (Wildman–Crippen MR) is 91.1 cm³/mol. The van der Waals surface area contributed by atoms with E-state index < -0.39 is 0 Å². The van der Waals surface area contributed by atoms with E-state index in [2.05, 4.69) is 31.2 Å². The van der Waals surface area contributed by atoms with Gasteiger partial charge in [-0.05, 0) is 54.5 Å². The fraction of sp³-hybridized carbons (Fsp3) is 0.389. The first-order valence-electron chi connectivity index (χ1n) is 7.51. The van der Waals surface area contributed by atoms with Gasteiger partial charge in [0.2, 0.25) is 0 Å². The molecule has 2 heterocycles. The summed E-state index contributed by atoms with van der Waals surface area (Å²) in [4.78, 5) is 4.90. The lowest BCUT2D eigenvalue weighted by Crippen LogP contribution is -2.33. The van der Waals surface area contributed by atoms with Crippen LogP contribution in [0.4, 0.5) is 0 Å². The Hall–Kier alpha value is -1.05. The number of allylic oxidation sites excluding steroid dienone is 4. The minimum atomic E-state index is 0. The van der Waals surface area contributed by atoms with Gasteiger partial charge >= 0.3 is 0 Å². The summed E-state index contributed by atoms with van der Waals surface area (Å²) < 4.78 is 0. The number of halogens is 2. The molecule has 21 heavy (non-hydrogen) atoms. The molecule has 0 saturated heterocycles. The summed E-state index contributed by atoms with van der Waals surface area (Å²) in [6, 6.07) is 2.35. The van der Waals surface area contributed by atoms with Gasteiger partial charge in [-0.15, -0.1) is 12.4 Å². The van der Waals surface area contributed by atoms with Crippen molar-refractivity contribution in [2.45, 2.75) is 38.5 Å². The monoisotopic (exact) mass is 319 g/mol. The third-order valence-electron chi connectivity index (χ3n) is 4.75. The molecule has 110 valence electrons. The van der Waals surface area contributed by atoms with E-state index >= 15 is 0 Å². The van der Waals surface area contributed by atoms with E-state index in [0.29, 0.717) is 11.8 Å². The molecule has 2 atom stereocenters. The molecule has 0 radical (unpaired) electrons. The Bertz CT molecular complexity index is 758. The number of hydrogen-bond donors (Lipinski definition) is 0. The number of pyridine rings is 1. The van der Waals surface area contributed by atoms with Crippen LogP contribution >= 0.6 is 24.0 Å². The lowest BCUT2D eigenvalue weighted by Gasteiger charge is -2.28. The zero-order valence-electron chi connectivity index (χ0n) is 12.1. The highest BCUT2D eigenvalue weighted by Gasteiger charge is 2.25. The van der Waals surface area contributed by atoms with E-state index in [9.17, 15) is 0 Å². The van der Waals surface area contributed by atoms with Crippen LogP contribution in [0.3, 0.4) is 0 Å². The van der Waals surface area contributed by atoms with Crippen LogP contribution < -0.4 is 10.6 Å². The summed E-state index contributed by atoms with van der Waals surface area (Å²) in [7, 11) is 0. The number of aromatic nitrogens is 1. The summed E-state index contributed by atoms with van der Waals surface area (Å²) in [6.45, 7) is 2.25. The quantitative estimate of drug-likeness (QED) is 0.721. The van der Waals surface area contributed by atoms with Gasteiger partial charge in [-0.3, -0.25) is 4.98 Å². The second-order valence-corrected chi connectivity index (χ2v) is 6.52. The van der Waals surface area contributed by atoms with Crippen molar-refractivity contribution < 1.29 is 0 Å². The summed E-state index contributed by atoms with van der Waals surface area (Å²) in [5, 5.41) is 3.28. The second-order valence-electron chi connectivity index (χ2n) is 6.09. The van der Waals surface area contributed by atoms with Gasteiger partial charge in [-0.1, -0.05) is 42.3 Å². The van der Waals surface area contributed by atoms with Crippen LogP contribution in [-0.2, 0) is 6.42 Å². The molecular formula is C18H19Cl2N. The molecule has 5 rings (SSSR count). The Balaban J connectivity index is 0.00000132. The SMILES string of the molecule is CCC1=CC2Cc3nc4c(cc3=CC1)C(C=C(Cl)C=4)C2.Cl. The van der Waals surface area contributed by atoms with E-state index in [1.165, 1.54) is 16.5 Å². The van der Waals surface area contributed by atoms with Crippen molar-refractivity contribution in [1.82, 2.24) is 4.98 Å². The molecule has 0 saturated carbocycles. The molecule has 3 heteroatoms. The van der Waals surface area contributed by atoms with Crippen LogP contribution in [0.15, 0.2) is 28.8 Å². The highest BCUT2D eigenvalue weighted by Crippen LogP contribution is 2.33. The van der Waals surface area contributed by atoms with Crippen molar-refractivity contribution in [3.63, 3.8) is 0 Å².